The number of hydrogen-bond donors (Lipinski definition) is 12. The van der Waals surface area contributed by atoms with Crippen molar-refractivity contribution in [3.63, 3.8) is 0 Å². The third kappa shape index (κ3) is 8.23. The Bertz CT molecular complexity index is 3180. The van der Waals surface area contributed by atoms with Crippen LogP contribution in [0.2, 0.25) is 0 Å². The SMILES string of the molecule is Nc1ccc(C(O)C(CO)Oc2ccc(-c3cc(=O)c4c(O)c(OC56CCCC5CCCc5c(O)cccc56)c(OC5OC(C(=O)O)C6(O)C(C7CNCN7)C(Cc7ccccc7)=CC5(O)C6O)cc4o3)cc2)[nH]1. The minimum Gasteiger partial charge on any atom is -0.508 e. The number of ether oxygens (including phenoxy) is 4. The van der Waals surface area contributed by atoms with Crippen LogP contribution >= 0.6 is 0 Å². The molecule has 3 fully saturated rings. The second kappa shape index (κ2) is 19.1. The smallest absolute Gasteiger partial charge is 0.336 e. The Hall–Kier alpha value is -6.94. The van der Waals surface area contributed by atoms with Gasteiger partial charge in [-0.3, -0.25) is 10.1 Å². The number of carbonyl (C=O) groups is 1. The highest BCUT2D eigenvalue weighted by molar-refractivity contribution is 5.90. The summed E-state index contributed by atoms with van der Waals surface area (Å²) in [7, 11) is 0. The van der Waals surface area contributed by atoms with Crippen LogP contribution in [-0.4, -0.2) is 113 Å². The number of nitrogen functional groups attached to an aromatic ring is 1. The first-order valence-electron chi connectivity index (χ1n) is 24.8. The molecule has 0 radical (unpaired) electrons. The predicted octanol–water partition coefficient (Wildman–Crippen LogP) is 3.99. The van der Waals surface area contributed by atoms with Gasteiger partial charge in [-0.25, -0.2) is 4.79 Å². The van der Waals surface area contributed by atoms with Crippen LogP contribution in [-0.2, 0) is 28.0 Å². The molecule has 11 atom stereocenters. The van der Waals surface area contributed by atoms with E-state index in [1.54, 1.807) is 48.5 Å². The predicted molar refractivity (Wildman–Crippen MR) is 266 cm³/mol. The molecule has 1 saturated carbocycles. The molecule has 19 heteroatoms. The number of aliphatic hydroxyl groups is 5. The Morgan fingerprint density at radius 2 is 1.74 bits per heavy atom. The Balaban J connectivity index is 1.04. The summed E-state index contributed by atoms with van der Waals surface area (Å²) in [5.41, 5.74) is 1.64. The number of carboxylic acid groups (broad SMARTS) is 1. The van der Waals surface area contributed by atoms with Gasteiger partial charge in [0.2, 0.25) is 12.0 Å². The van der Waals surface area contributed by atoms with E-state index in [2.05, 4.69) is 15.6 Å². The minimum absolute atomic E-state index is 0.0251. The Kier molecular flexibility index (Phi) is 12.7. The standard InChI is InChI=1S/C55H58N4O15/c56-43-19-18-35(59-43)46(63)42(26-60)70-32-16-14-29(15-17-32)39-22-38(62)44-40(71-39)23-41(48(47(44)64)74-54-20-6-10-31(54)9-4-11-33-34(54)12-5-13-37(33)61)72-52-53(68)24-30(21-28-7-2-1-3-8-28)45(36-25-57-27-58-36)55(69,51(53)67)49(73-52)50(65)66/h1-3,5,7-8,12-19,22-24,31,36,42,45-46,49,51-52,57-61,63-64,67-69H,4,6,9-11,20-21,25-27,56H2,(H,65,66). The number of aromatic hydroxyl groups is 2. The number of anilines is 1. The number of phenolic OH excluding ortho intramolecular Hbond substituents is 2. The van der Waals surface area contributed by atoms with Crippen LogP contribution in [0.3, 0.4) is 0 Å². The molecule has 0 amide bonds. The molecule has 0 spiro atoms. The lowest BCUT2D eigenvalue weighted by molar-refractivity contribution is -0.344. The highest BCUT2D eigenvalue weighted by Crippen LogP contribution is 2.57. The molecule has 19 nitrogen and oxygen atoms in total. The summed E-state index contributed by atoms with van der Waals surface area (Å²) in [6.07, 6.45) is -3.53. The molecular weight excluding hydrogens is 957 g/mol. The molecule has 11 rings (SSSR count). The van der Waals surface area contributed by atoms with Gasteiger partial charge < -0.3 is 80.3 Å². The number of nitrogens with one attached hydrogen (secondary N) is 3. The Morgan fingerprint density at radius 1 is 0.959 bits per heavy atom. The summed E-state index contributed by atoms with van der Waals surface area (Å²) in [5, 5.41) is 99.8. The summed E-state index contributed by atoms with van der Waals surface area (Å²) in [5.74, 6) is -3.65. The number of nitrogens with two attached hydrogens (primary N) is 1. The molecule has 2 saturated heterocycles. The third-order valence-corrected chi connectivity index (χ3v) is 15.8. The van der Waals surface area contributed by atoms with E-state index in [1.807, 2.05) is 36.4 Å². The first-order valence-corrected chi connectivity index (χ1v) is 24.8. The molecule has 5 aliphatic rings. The van der Waals surface area contributed by atoms with Crippen molar-refractivity contribution in [2.75, 3.05) is 25.6 Å². The van der Waals surface area contributed by atoms with Gasteiger partial charge in [-0.05, 0) is 99.0 Å². The minimum atomic E-state index is -2.66. The second-order valence-electron chi connectivity index (χ2n) is 20.1. The maximum atomic E-state index is 14.4. The van der Waals surface area contributed by atoms with Crippen molar-refractivity contribution in [3.05, 3.63) is 141 Å². The monoisotopic (exact) mass is 1010 g/mol. The van der Waals surface area contributed by atoms with Crippen molar-refractivity contribution in [1.82, 2.24) is 15.6 Å². The summed E-state index contributed by atoms with van der Waals surface area (Å²) >= 11 is 0. The van der Waals surface area contributed by atoms with E-state index in [-0.39, 0.29) is 52.1 Å². The molecule has 13 N–H and O–H groups in total. The number of hydrogen-bond acceptors (Lipinski definition) is 17. The van der Waals surface area contributed by atoms with Crippen LogP contribution in [0, 0.1) is 11.8 Å². The first-order chi connectivity index (χ1) is 35.6. The Morgan fingerprint density at radius 3 is 2.46 bits per heavy atom. The van der Waals surface area contributed by atoms with Gasteiger partial charge in [0.25, 0.3) is 0 Å². The fourth-order valence-electron chi connectivity index (χ4n) is 12.3. The zero-order valence-corrected chi connectivity index (χ0v) is 40.0. The van der Waals surface area contributed by atoms with E-state index >= 15 is 0 Å². The van der Waals surface area contributed by atoms with E-state index in [0.717, 1.165) is 18.4 Å². The van der Waals surface area contributed by atoms with Crippen LogP contribution in [0.5, 0.6) is 28.7 Å². The summed E-state index contributed by atoms with van der Waals surface area (Å²) in [6, 6.07) is 25.6. The lowest BCUT2D eigenvalue weighted by Crippen LogP contribution is -2.79. The molecular formula is C55H58N4O15. The van der Waals surface area contributed by atoms with Crippen molar-refractivity contribution < 1.29 is 69.0 Å². The lowest BCUT2D eigenvalue weighted by Gasteiger charge is -2.58. The quantitative estimate of drug-likeness (QED) is 0.0687. The normalized spacial score (nSPS) is 29.1. The largest absolute Gasteiger partial charge is 0.508 e. The van der Waals surface area contributed by atoms with Gasteiger partial charge in [0.15, 0.2) is 34.7 Å². The number of carboxylic acids is 1. The van der Waals surface area contributed by atoms with Crippen LogP contribution in [0.1, 0.15) is 60.6 Å². The van der Waals surface area contributed by atoms with Gasteiger partial charge in [-0.15, -0.1) is 0 Å². The molecule has 4 aromatic carbocycles. The van der Waals surface area contributed by atoms with Crippen LogP contribution in [0.4, 0.5) is 5.82 Å². The van der Waals surface area contributed by atoms with Gasteiger partial charge in [0.05, 0.1) is 6.61 Å². The number of aromatic nitrogens is 1. The van der Waals surface area contributed by atoms with Gasteiger partial charge in [0.1, 0.15) is 57.5 Å². The van der Waals surface area contributed by atoms with Gasteiger partial charge >= 0.3 is 5.97 Å². The van der Waals surface area contributed by atoms with E-state index < -0.39 is 83.2 Å². The number of rotatable bonds is 14. The highest BCUT2D eigenvalue weighted by atomic mass is 16.7. The molecule has 2 bridgehead atoms. The summed E-state index contributed by atoms with van der Waals surface area (Å²) in [6.45, 7) is 0.0844. The number of aromatic amines is 1. The van der Waals surface area contributed by atoms with Crippen LogP contribution in [0.15, 0.2) is 118 Å². The molecule has 74 heavy (non-hydrogen) atoms. The molecule has 3 aliphatic carbocycles. The first kappa shape index (κ1) is 49.3. The number of fused-ring (bicyclic) bond motifs is 6. The Labute approximate surface area is 423 Å². The maximum Gasteiger partial charge on any atom is 0.336 e. The van der Waals surface area contributed by atoms with Crippen molar-refractivity contribution >= 4 is 22.8 Å². The van der Waals surface area contributed by atoms with Crippen molar-refractivity contribution in [1.29, 1.82) is 0 Å². The average Bonchev–Trinajstić information content (AvgIpc) is 4.16. The van der Waals surface area contributed by atoms with E-state index in [9.17, 15) is 50.4 Å². The fraction of sp³-hybridized carbons (Fsp3) is 0.382. The number of H-pyrrole nitrogens is 1. The molecule has 388 valence electrons. The topological polar surface area (TPSA) is 312 Å². The van der Waals surface area contributed by atoms with Crippen molar-refractivity contribution in [2.45, 2.75) is 98.5 Å². The average molecular weight is 1020 g/mol. The summed E-state index contributed by atoms with van der Waals surface area (Å²) < 4.78 is 32.2. The molecule has 2 aromatic heterocycles. The highest BCUT2D eigenvalue weighted by Gasteiger charge is 2.71. The molecule has 11 unspecified atom stereocenters. The van der Waals surface area contributed by atoms with E-state index in [4.69, 9.17) is 29.1 Å². The third-order valence-electron chi connectivity index (χ3n) is 15.8. The maximum absolute atomic E-state index is 14.4. The fourth-order valence-corrected chi connectivity index (χ4v) is 12.3. The zero-order valence-electron chi connectivity index (χ0n) is 40.0. The zero-order chi connectivity index (χ0) is 51.7. The van der Waals surface area contributed by atoms with E-state index in [1.165, 1.54) is 18.2 Å². The number of phenols is 2. The summed E-state index contributed by atoms with van der Waals surface area (Å²) in [4.78, 5) is 30.6. The van der Waals surface area contributed by atoms with E-state index in [0.29, 0.717) is 72.7 Å². The second-order valence-corrected chi connectivity index (χ2v) is 20.1. The van der Waals surface area contributed by atoms with Gasteiger partial charge in [-0.2, -0.15) is 0 Å². The molecule has 2 aliphatic heterocycles. The van der Waals surface area contributed by atoms with Crippen LogP contribution < -0.4 is 36.0 Å². The van der Waals surface area contributed by atoms with Crippen molar-refractivity contribution in [2.24, 2.45) is 11.8 Å². The number of benzene rings is 4. The molecule has 4 heterocycles. The van der Waals surface area contributed by atoms with Gasteiger partial charge in [0, 0.05) is 65.6 Å². The number of aliphatic carboxylic acids is 1. The van der Waals surface area contributed by atoms with Crippen molar-refractivity contribution in [3.8, 4) is 40.1 Å². The van der Waals surface area contributed by atoms with Crippen LogP contribution in [0.25, 0.3) is 22.3 Å². The molecule has 6 aromatic rings. The number of aliphatic hydroxyl groups excluding tert-OH is 3. The van der Waals surface area contributed by atoms with Gasteiger partial charge in [-0.1, -0.05) is 48.0 Å². The lowest BCUT2D eigenvalue weighted by atomic mass is 9.59.